The molecule has 0 saturated heterocycles. The highest BCUT2D eigenvalue weighted by atomic mass is 127. The van der Waals surface area contributed by atoms with E-state index < -0.39 is 0 Å². The van der Waals surface area contributed by atoms with Gasteiger partial charge in [0, 0.05) is 26.7 Å². The smallest absolute Gasteiger partial charge is 0.243 e. The van der Waals surface area contributed by atoms with Gasteiger partial charge in [-0.3, -0.25) is 4.79 Å². The second kappa shape index (κ2) is 13.2. The zero-order valence-electron chi connectivity index (χ0n) is 14.4. The van der Waals surface area contributed by atoms with Gasteiger partial charge in [-0.05, 0) is 19.3 Å². The summed E-state index contributed by atoms with van der Waals surface area (Å²) in [4.78, 5) is 17.6. The normalized spacial score (nSPS) is 12.6. The first-order valence-electron chi connectivity index (χ1n) is 7.69. The van der Waals surface area contributed by atoms with Crippen molar-refractivity contribution in [1.29, 1.82) is 0 Å². The van der Waals surface area contributed by atoms with Crippen LogP contribution >= 0.6 is 24.0 Å². The molecular formula is C15H33IN4O. The van der Waals surface area contributed by atoms with Crippen LogP contribution in [0.15, 0.2) is 4.99 Å². The third kappa shape index (κ3) is 10.8. The van der Waals surface area contributed by atoms with Gasteiger partial charge in [0.2, 0.25) is 5.91 Å². The largest absolute Gasteiger partial charge is 0.356 e. The van der Waals surface area contributed by atoms with E-state index in [9.17, 15) is 4.79 Å². The van der Waals surface area contributed by atoms with Crippen molar-refractivity contribution in [1.82, 2.24) is 15.5 Å². The average Bonchev–Trinajstić information content (AvgIpc) is 2.44. The van der Waals surface area contributed by atoms with Gasteiger partial charge in [-0.25, -0.2) is 4.99 Å². The van der Waals surface area contributed by atoms with Gasteiger partial charge in [0.1, 0.15) is 6.54 Å². The highest BCUT2D eigenvalue weighted by Gasteiger charge is 2.09. The highest BCUT2D eigenvalue weighted by molar-refractivity contribution is 14.0. The molecule has 0 aliphatic heterocycles. The number of halogens is 1. The molecule has 0 aliphatic rings. The lowest BCUT2D eigenvalue weighted by Crippen LogP contribution is -2.44. The summed E-state index contributed by atoms with van der Waals surface area (Å²) in [5.74, 6) is 1.39. The minimum atomic E-state index is 0. The molecule has 0 aromatic carbocycles. The van der Waals surface area contributed by atoms with Crippen molar-refractivity contribution in [3.05, 3.63) is 0 Å². The van der Waals surface area contributed by atoms with Crippen molar-refractivity contribution in [2.24, 2.45) is 10.9 Å². The molecule has 0 radical (unpaired) electrons. The maximum absolute atomic E-state index is 11.6. The van der Waals surface area contributed by atoms with Crippen LogP contribution in [0.5, 0.6) is 0 Å². The van der Waals surface area contributed by atoms with Gasteiger partial charge >= 0.3 is 0 Å². The van der Waals surface area contributed by atoms with Crippen molar-refractivity contribution in [2.45, 2.75) is 53.0 Å². The Hall–Kier alpha value is -0.530. The number of hydrogen-bond donors (Lipinski definition) is 2. The van der Waals surface area contributed by atoms with Crippen molar-refractivity contribution < 1.29 is 4.79 Å². The van der Waals surface area contributed by atoms with Crippen LogP contribution < -0.4 is 10.6 Å². The van der Waals surface area contributed by atoms with Crippen LogP contribution in [0.25, 0.3) is 0 Å². The summed E-state index contributed by atoms with van der Waals surface area (Å²) in [6.07, 6.45) is 3.32. The van der Waals surface area contributed by atoms with E-state index >= 15 is 0 Å². The third-order valence-corrected chi connectivity index (χ3v) is 3.58. The van der Waals surface area contributed by atoms with Crippen molar-refractivity contribution in [2.75, 3.05) is 27.2 Å². The quantitative estimate of drug-likeness (QED) is 0.366. The molecule has 0 aromatic rings. The Balaban J connectivity index is 0. The zero-order valence-corrected chi connectivity index (χ0v) is 16.7. The monoisotopic (exact) mass is 412 g/mol. The van der Waals surface area contributed by atoms with Gasteiger partial charge in [-0.15, -0.1) is 24.0 Å². The van der Waals surface area contributed by atoms with Crippen LogP contribution in [0.1, 0.15) is 47.0 Å². The Morgan fingerprint density at radius 2 is 1.71 bits per heavy atom. The highest BCUT2D eigenvalue weighted by Crippen LogP contribution is 2.04. The molecule has 0 aliphatic carbocycles. The van der Waals surface area contributed by atoms with Crippen LogP contribution in [0.3, 0.4) is 0 Å². The summed E-state index contributed by atoms with van der Waals surface area (Å²) in [6.45, 7) is 9.71. The Kier molecular flexibility index (Phi) is 14.2. The van der Waals surface area contributed by atoms with E-state index in [1.54, 1.807) is 19.0 Å². The molecule has 0 heterocycles. The first kappa shape index (κ1) is 22.7. The van der Waals surface area contributed by atoms with Crippen molar-refractivity contribution in [3.63, 3.8) is 0 Å². The molecule has 6 heteroatoms. The summed E-state index contributed by atoms with van der Waals surface area (Å²) in [5.41, 5.74) is 0. The molecule has 0 aromatic heterocycles. The minimum absolute atomic E-state index is 0. The second-order valence-electron chi connectivity index (χ2n) is 5.47. The van der Waals surface area contributed by atoms with Crippen LogP contribution in [0, 0.1) is 5.92 Å². The number of likely N-dealkylation sites (N-methyl/N-ethyl adjacent to an activating group) is 1. The number of guanidine groups is 1. The Morgan fingerprint density at radius 1 is 1.14 bits per heavy atom. The summed E-state index contributed by atoms with van der Waals surface area (Å²) < 4.78 is 0. The van der Waals surface area contributed by atoms with E-state index in [4.69, 9.17) is 0 Å². The van der Waals surface area contributed by atoms with Gasteiger partial charge in [0.25, 0.3) is 0 Å². The predicted octanol–water partition coefficient (Wildman–Crippen LogP) is 2.46. The molecule has 0 fully saturated rings. The maximum Gasteiger partial charge on any atom is 0.243 e. The van der Waals surface area contributed by atoms with Gasteiger partial charge in [-0.2, -0.15) is 0 Å². The standard InChI is InChI=1S/C15H32N4O.HI/c1-7-12(4)18-15(16-10-13(8-2)9-3)17-11-14(20)19(5)6;/h12-13H,7-11H2,1-6H3,(H2,16,17,18);1H. The predicted molar refractivity (Wildman–Crippen MR) is 101 cm³/mol. The number of carbonyl (C=O) groups is 1. The molecule has 1 amide bonds. The summed E-state index contributed by atoms with van der Waals surface area (Å²) in [6, 6.07) is 0.345. The minimum Gasteiger partial charge on any atom is -0.356 e. The number of aliphatic imine (C=N–C) groups is 1. The fourth-order valence-corrected chi connectivity index (χ4v) is 1.59. The Bertz CT molecular complexity index is 304. The van der Waals surface area contributed by atoms with Gasteiger partial charge < -0.3 is 15.5 Å². The van der Waals surface area contributed by atoms with Crippen LogP contribution in [-0.2, 0) is 4.79 Å². The summed E-state index contributed by atoms with van der Waals surface area (Å²) in [5, 5.41) is 6.68. The van der Waals surface area contributed by atoms with Crippen LogP contribution in [0.4, 0.5) is 0 Å². The number of rotatable bonds is 8. The van der Waals surface area contributed by atoms with Crippen LogP contribution in [-0.4, -0.2) is 50.0 Å². The first-order chi connectivity index (χ1) is 9.44. The van der Waals surface area contributed by atoms with Gasteiger partial charge in [0.15, 0.2) is 5.96 Å². The molecule has 0 saturated carbocycles. The molecule has 0 rings (SSSR count). The molecular weight excluding hydrogens is 379 g/mol. The second-order valence-corrected chi connectivity index (χ2v) is 5.47. The molecule has 5 nitrogen and oxygen atoms in total. The van der Waals surface area contributed by atoms with Crippen molar-refractivity contribution in [3.8, 4) is 0 Å². The molecule has 2 N–H and O–H groups in total. The van der Waals surface area contributed by atoms with Gasteiger partial charge in [0.05, 0.1) is 0 Å². The van der Waals surface area contributed by atoms with Crippen molar-refractivity contribution >= 4 is 35.8 Å². The maximum atomic E-state index is 11.6. The van der Waals surface area contributed by atoms with E-state index in [2.05, 4.69) is 43.3 Å². The van der Waals surface area contributed by atoms with Gasteiger partial charge in [-0.1, -0.05) is 33.6 Å². The number of amides is 1. The fourth-order valence-electron chi connectivity index (χ4n) is 1.59. The Labute approximate surface area is 147 Å². The van der Waals surface area contributed by atoms with Crippen LogP contribution in [0.2, 0.25) is 0 Å². The molecule has 126 valence electrons. The lowest BCUT2D eigenvalue weighted by Gasteiger charge is -2.20. The van der Waals surface area contributed by atoms with E-state index in [1.807, 2.05) is 0 Å². The lowest BCUT2D eigenvalue weighted by atomic mass is 10.0. The zero-order chi connectivity index (χ0) is 15.5. The number of nitrogens with one attached hydrogen (secondary N) is 2. The summed E-state index contributed by atoms with van der Waals surface area (Å²) in [7, 11) is 3.49. The van der Waals surface area contributed by atoms with E-state index in [0.717, 1.165) is 31.8 Å². The Morgan fingerprint density at radius 3 is 2.14 bits per heavy atom. The topological polar surface area (TPSA) is 56.7 Å². The van der Waals surface area contributed by atoms with E-state index in [-0.39, 0.29) is 36.4 Å². The SMILES string of the molecule is CCC(CC)CNC(=NCC(=O)N(C)C)NC(C)CC.I. The summed E-state index contributed by atoms with van der Waals surface area (Å²) >= 11 is 0. The fraction of sp³-hybridized carbons (Fsp3) is 0.867. The molecule has 21 heavy (non-hydrogen) atoms. The molecule has 1 unspecified atom stereocenters. The van der Waals surface area contributed by atoms with E-state index in [1.165, 1.54) is 0 Å². The third-order valence-electron chi connectivity index (χ3n) is 3.58. The number of hydrogen-bond acceptors (Lipinski definition) is 2. The molecule has 0 bridgehead atoms. The number of nitrogens with zero attached hydrogens (tertiary/aromatic N) is 2. The first-order valence-corrected chi connectivity index (χ1v) is 7.69. The number of carbonyl (C=O) groups excluding carboxylic acids is 1. The molecule has 0 spiro atoms. The average molecular weight is 412 g/mol. The van der Waals surface area contributed by atoms with E-state index in [0.29, 0.717) is 12.0 Å². The molecule has 1 atom stereocenters. The lowest BCUT2D eigenvalue weighted by molar-refractivity contribution is -0.127.